The zero-order valence-corrected chi connectivity index (χ0v) is 15.1. The number of nitrogens with zero attached hydrogens (tertiary/aromatic N) is 1. The predicted octanol–water partition coefficient (Wildman–Crippen LogP) is 2.44. The first-order valence-corrected chi connectivity index (χ1v) is 10.3. The van der Waals surface area contributed by atoms with Gasteiger partial charge in [0.05, 0.1) is 5.75 Å². The van der Waals surface area contributed by atoms with E-state index < -0.39 is 9.84 Å². The summed E-state index contributed by atoms with van der Waals surface area (Å²) in [6, 6.07) is 0.405. The number of hydrogen-bond acceptors (Lipinski definition) is 4. The minimum absolute atomic E-state index is 0.213. The Bertz CT molecular complexity index is 387. The first-order valence-electron chi connectivity index (χ1n) is 8.49. The Morgan fingerprint density at radius 3 is 2.29 bits per heavy atom. The molecule has 0 aromatic rings. The molecule has 1 aliphatic carbocycles. The second kappa shape index (κ2) is 8.49. The van der Waals surface area contributed by atoms with E-state index >= 15 is 0 Å². The number of rotatable bonds is 10. The van der Waals surface area contributed by atoms with Crippen LogP contribution in [0.15, 0.2) is 0 Å². The highest BCUT2D eigenvalue weighted by Crippen LogP contribution is 2.38. The molecular weight excluding hydrogens is 284 g/mol. The predicted molar refractivity (Wildman–Crippen MR) is 90.5 cm³/mol. The maximum absolute atomic E-state index is 11.7. The molecule has 4 nitrogen and oxygen atoms in total. The molecule has 0 aromatic heterocycles. The number of hydrogen-bond donors (Lipinski definition) is 1. The largest absolute Gasteiger partial charge is 0.312 e. The summed E-state index contributed by atoms with van der Waals surface area (Å²) in [6.07, 6.45) is 7.87. The molecule has 1 saturated carbocycles. The number of likely N-dealkylation sites (N-methyl/N-ethyl adjacent to an activating group) is 1. The summed E-state index contributed by atoms with van der Waals surface area (Å²) >= 11 is 0. The van der Waals surface area contributed by atoms with Gasteiger partial charge in [-0.2, -0.15) is 0 Å². The second-order valence-corrected chi connectivity index (χ2v) is 9.06. The third-order valence-corrected chi connectivity index (χ3v) is 6.83. The van der Waals surface area contributed by atoms with Crippen molar-refractivity contribution in [2.75, 3.05) is 32.1 Å². The van der Waals surface area contributed by atoms with Crippen LogP contribution in [0.3, 0.4) is 0 Å². The Labute approximate surface area is 131 Å². The van der Waals surface area contributed by atoms with Gasteiger partial charge in [-0.05, 0) is 52.7 Å². The van der Waals surface area contributed by atoms with Crippen LogP contribution in [0, 0.1) is 0 Å². The lowest BCUT2D eigenvalue weighted by molar-refractivity contribution is 0.0995. The van der Waals surface area contributed by atoms with Gasteiger partial charge in [0.1, 0.15) is 9.84 Å². The van der Waals surface area contributed by atoms with Gasteiger partial charge in [0.25, 0.3) is 0 Å². The Hall–Kier alpha value is -0.130. The van der Waals surface area contributed by atoms with Crippen molar-refractivity contribution in [3.8, 4) is 0 Å². The highest BCUT2D eigenvalue weighted by atomic mass is 32.2. The third-order valence-electron chi connectivity index (χ3n) is 5.04. The monoisotopic (exact) mass is 318 g/mol. The fourth-order valence-electron chi connectivity index (χ4n) is 3.63. The van der Waals surface area contributed by atoms with E-state index in [0.29, 0.717) is 11.8 Å². The average molecular weight is 319 g/mol. The molecule has 0 saturated heterocycles. The number of nitrogens with one attached hydrogen (secondary N) is 1. The minimum atomic E-state index is -2.84. The highest BCUT2D eigenvalue weighted by molar-refractivity contribution is 7.91. The van der Waals surface area contributed by atoms with E-state index in [2.05, 4.69) is 31.2 Å². The van der Waals surface area contributed by atoms with Crippen molar-refractivity contribution in [2.24, 2.45) is 0 Å². The van der Waals surface area contributed by atoms with Crippen molar-refractivity contribution >= 4 is 9.84 Å². The van der Waals surface area contributed by atoms with Crippen molar-refractivity contribution in [1.82, 2.24) is 10.2 Å². The third kappa shape index (κ3) is 5.22. The zero-order chi connectivity index (χ0) is 15.9. The maximum atomic E-state index is 11.7. The van der Waals surface area contributed by atoms with Crippen molar-refractivity contribution in [3.05, 3.63) is 0 Å². The summed E-state index contributed by atoms with van der Waals surface area (Å²) in [5.41, 5.74) is 0.213. The van der Waals surface area contributed by atoms with Crippen LogP contribution in [-0.4, -0.2) is 57.0 Å². The Kier molecular flexibility index (Phi) is 7.65. The van der Waals surface area contributed by atoms with E-state index in [4.69, 9.17) is 0 Å². The van der Waals surface area contributed by atoms with Gasteiger partial charge in [0.2, 0.25) is 0 Å². The topological polar surface area (TPSA) is 49.4 Å². The van der Waals surface area contributed by atoms with Gasteiger partial charge in [-0.1, -0.05) is 26.7 Å². The van der Waals surface area contributed by atoms with Crippen LogP contribution in [0.2, 0.25) is 0 Å². The molecule has 1 fully saturated rings. The van der Waals surface area contributed by atoms with Crippen LogP contribution >= 0.6 is 0 Å². The molecule has 0 spiro atoms. The molecule has 1 N–H and O–H groups in total. The van der Waals surface area contributed by atoms with E-state index in [1.165, 1.54) is 25.7 Å². The lowest BCUT2D eigenvalue weighted by Gasteiger charge is -2.44. The smallest absolute Gasteiger partial charge is 0.150 e. The maximum Gasteiger partial charge on any atom is 0.150 e. The molecule has 1 atom stereocenters. The molecule has 0 heterocycles. The summed E-state index contributed by atoms with van der Waals surface area (Å²) in [7, 11) is 1.51. The Morgan fingerprint density at radius 2 is 1.81 bits per heavy atom. The standard InChI is InChI=1S/C16H34N2O2S/c1-5-13-17-15(10-9-14-21(19,20)6-2)16(18(3)4)11-7-8-12-16/h15,17H,5-14H2,1-4H3. The van der Waals surface area contributed by atoms with Crippen LogP contribution in [0.25, 0.3) is 0 Å². The molecule has 1 unspecified atom stereocenters. The van der Waals surface area contributed by atoms with Crippen LogP contribution in [-0.2, 0) is 9.84 Å². The molecule has 0 aliphatic heterocycles. The minimum Gasteiger partial charge on any atom is -0.312 e. The second-order valence-electron chi connectivity index (χ2n) is 6.59. The summed E-state index contributed by atoms with van der Waals surface area (Å²) in [5.74, 6) is 0.593. The fraction of sp³-hybridized carbons (Fsp3) is 1.00. The van der Waals surface area contributed by atoms with Gasteiger partial charge in [-0.25, -0.2) is 8.42 Å². The lowest BCUT2D eigenvalue weighted by atomic mass is 9.84. The lowest BCUT2D eigenvalue weighted by Crippen LogP contribution is -2.57. The Morgan fingerprint density at radius 1 is 1.19 bits per heavy atom. The molecule has 0 amide bonds. The molecule has 1 rings (SSSR count). The van der Waals surface area contributed by atoms with Crippen molar-refractivity contribution in [2.45, 2.75) is 70.4 Å². The van der Waals surface area contributed by atoms with Crippen LogP contribution in [0.4, 0.5) is 0 Å². The summed E-state index contributed by atoms with van der Waals surface area (Å²) in [6.45, 7) is 4.93. The van der Waals surface area contributed by atoms with Gasteiger partial charge in [-0.15, -0.1) is 0 Å². The van der Waals surface area contributed by atoms with Crippen molar-refractivity contribution < 1.29 is 8.42 Å². The fourth-order valence-corrected chi connectivity index (χ4v) is 4.52. The van der Waals surface area contributed by atoms with Gasteiger partial charge in [-0.3, -0.25) is 0 Å². The SMILES string of the molecule is CCCNC(CCCS(=O)(=O)CC)C1(N(C)C)CCCC1. The van der Waals surface area contributed by atoms with Crippen LogP contribution in [0.5, 0.6) is 0 Å². The van der Waals surface area contributed by atoms with Gasteiger partial charge < -0.3 is 10.2 Å². The van der Waals surface area contributed by atoms with Crippen LogP contribution in [0.1, 0.15) is 58.8 Å². The molecular formula is C16H34N2O2S. The first-order chi connectivity index (χ1) is 9.88. The van der Waals surface area contributed by atoms with E-state index in [0.717, 1.165) is 25.8 Å². The first kappa shape index (κ1) is 18.9. The van der Waals surface area contributed by atoms with Gasteiger partial charge in [0.15, 0.2) is 0 Å². The Balaban J connectivity index is 2.70. The normalized spacial score (nSPS) is 20.0. The molecule has 1 aliphatic rings. The molecule has 0 radical (unpaired) electrons. The quantitative estimate of drug-likeness (QED) is 0.672. The summed E-state index contributed by atoms with van der Waals surface area (Å²) < 4.78 is 23.4. The molecule has 126 valence electrons. The van der Waals surface area contributed by atoms with E-state index in [1.807, 2.05) is 0 Å². The van der Waals surface area contributed by atoms with Gasteiger partial charge >= 0.3 is 0 Å². The summed E-state index contributed by atoms with van der Waals surface area (Å²) in [4.78, 5) is 2.38. The summed E-state index contributed by atoms with van der Waals surface area (Å²) in [5, 5.41) is 3.70. The highest BCUT2D eigenvalue weighted by Gasteiger charge is 2.42. The number of sulfone groups is 1. The molecule has 0 bridgehead atoms. The van der Waals surface area contributed by atoms with E-state index in [1.54, 1.807) is 6.92 Å². The van der Waals surface area contributed by atoms with Crippen molar-refractivity contribution in [1.29, 1.82) is 0 Å². The van der Waals surface area contributed by atoms with Crippen LogP contribution < -0.4 is 5.32 Å². The van der Waals surface area contributed by atoms with Crippen molar-refractivity contribution in [3.63, 3.8) is 0 Å². The molecule has 5 heteroatoms. The van der Waals surface area contributed by atoms with E-state index in [9.17, 15) is 8.42 Å². The average Bonchev–Trinajstić information content (AvgIpc) is 2.93. The van der Waals surface area contributed by atoms with Gasteiger partial charge in [0, 0.05) is 17.3 Å². The molecule has 0 aromatic carbocycles. The zero-order valence-electron chi connectivity index (χ0n) is 14.3. The molecule has 21 heavy (non-hydrogen) atoms. The van der Waals surface area contributed by atoms with E-state index in [-0.39, 0.29) is 11.3 Å².